The standard InChI is InChI=1S/C24H19N5O2/c1-16-7-2-5-12-21(16)29-23-19(13-26-29)24(31)28(15-25-23)14-22(30)27-20-11-6-9-17-8-3-4-10-18(17)20/h2-13,15H,14H2,1H3,(H,27,30). The number of carbonyl (C=O) groups excluding carboxylic acids is 1. The van der Waals surface area contributed by atoms with Crippen LogP contribution in [0.1, 0.15) is 5.56 Å². The maximum Gasteiger partial charge on any atom is 0.264 e. The summed E-state index contributed by atoms with van der Waals surface area (Å²) in [6.07, 6.45) is 2.89. The molecule has 1 amide bonds. The normalized spacial score (nSPS) is 11.1. The van der Waals surface area contributed by atoms with Crippen molar-refractivity contribution < 1.29 is 4.79 Å². The molecule has 3 aromatic carbocycles. The number of aromatic nitrogens is 4. The predicted molar refractivity (Wildman–Crippen MR) is 120 cm³/mol. The van der Waals surface area contributed by atoms with Crippen LogP contribution >= 0.6 is 0 Å². The summed E-state index contributed by atoms with van der Waals surface area (Å²) in [5.41, 5.74) is 2.74. The summed E-state index contributed by atoms with van der Waals surface area (Å²) in [5, 5.41) is 9.59. The van der Waals surface area contributed by atoms with E-state index in [1.54, 1.807) is 4.68 Å². The van der Waals surface area contributed by atoms with Crippen LogP contribution in [0.5, 0.6) is 0 Å². The first-order valence-corrected chi connectivity index (χ1v) is 9.88. The summed E-state index contributed by atoms with van der Waals surface area (Å²) in [6, 6.07) is 21.3. The lowest BCUT2D eigenvalue weighted by atomic mass is 10.1. The van der Waals surface area contributed by atoms with Gasteiger partial charge < -0.3 is 5.32 Å². The molecule has 2 heterocycles. The first kappa shape index (κ1) is 18.7. The van der Waals surface area contributed by atoms with Gasteiger partial charge in [-0.2, -0.15) is 5.10 Å². The number of benzene rings is 3. The molecule has 0 saturated carbocycles. The van der Waals surface area contributed by atoms with Crippen molar-refractivity contribution in [1.29, 1.82) is 0 Å². The Labute approximate surface area is 177 Å². The van der Waals surface area contributed by atoms with E-state index in [0.29, 0.717) is 16.7 Å². The third kappa shape index (κ3) is 3.36. The van der Waals surface area contributed by atoms with Gasteiger partial charge in [-0.25, -0.2) is 9.67 Å². The first-order valence-electron chi connectivity index (χ1n) is 9.88. The van der Waals surface area contributed by atoms with Crippen molar-refractivity contribution in [3.63, 3.8) is 0 Å². The zero-order valence-corrected chi connectivity index (χ0v) is 16.8. The number of hydrogen-bond donors (Lipinski definition) is 1. The second kappa shape index (κ2) is 7.53. The Morgan fingerprint density at radius 2 is 1.74 bits per heavy atom. The van der Waals surface area contributed by atoms with Crippen LogP contribution in [0.3, 0.4) is 0 Å². The Bertz CT molecular complexity index is 1490. The highest BCUT2D eigenvalue weighted by atomic mass is 16.2. The SMILES string of the molecule is Cc1ccccc1-n1ncc2c(=O)n(CC(=O)Nc3cccc4ccccc34)cnc21. The molecule has 0 fully saturated rings. The van der Waals surface area contributed by atoms with Crippen molar-refractivity contribution in [3.05, 3.63) is 95.2 Å². The van der Waals surface area contributed by atoms with E-state index in [-0.39, 0.29) is 18.0 Å². The quantitative estimate of drug-likeness (QED) is 0.491. The summed E-state index contributed by atoms with van der Waals surface area (Å²) in [4.78, 5) is 30.0. The maximum absolute atomic E-state index is 12.9. The van der Waals surface area contributed by atoms with Crippen LogP contribution in [0, 0.1) is 6.92 Å². The van der Waals surface area contributed by atoms with Gasteiger partial charge >= 0.3 is 0 Å². The first-order chi connectivity index (χ1) is 15.1. The Morgan fingerprint density at radius 3 is 2.61 bits per heavy atom. The summed E-state index contributed by atoms with van der Waals surface area (Å²) >= 11 is 0. The number of aryl methyl sites for hydroxylation is 1. The minimum Gasteiger partial charge on any atom is -0.324 e. The van der Waals surface area contributed by atoms with Crippen molar-refractivity contribution in [2.24, 2.45) is 0 Å². The Balaban J connectivity index is 1.45. The number of nitrogens with zero attached hydrogens (tertiary/aromatic N) is 4. The summed E-state index contributed by atoms with van der Waals surface area (Å²) < 4.78 is 2.94. The summed E-state index contributed by atoms with van der Waals surface area (Å²) in [6.45, 7) is 1.84. The molecular formula is C24H19N5O2. The van der Waals surface area contributed by atoms with Gasteiger partial charge in [-0.3, -0.25) is 14.2 Å². The number of para-hydroxylation sites is 1. The molecular weight excluding hydrogens is 390 g/mol. The Kier molecular flexibility index (Phi) is 4.55. The monoisotopic (exact) mass is 409 g/mol. The van der Waals surface area contributed by atoms with Crippen LogP contribution in [0.4, 0.5) is 5.69 Å². The molecule has 0 aliphatic rings. The molecule has 7 nitrogen and oxygen atoms in total. The minimum atomic E-state index is -0.307. The zero-order chi connectivity index (χ0) is 21.4. The third-order valence-electron chi connectivity index (χ3n) is 5.28. The molecule has 1 N–H and O–H groups in total. The molecule has 7 heteroatoms. The molecule has 0 aliphatic heterocycles. The van der Waals surface area contributed by atoms with Gasteiger partial charge in [-0.05, 0) is 30.0 Å². The van der Waals surface area contributed by atoms with Crippen LogP contribution < -0.4 is 10.9 Å². The Hall–Kier alpha value is -4.26. The predicted octanol–water partition coefficient (Wildman–Crippen LogP) is 3.68. The summed E-state index contributed by atoms with van der Waals surface area (Å²) in [7, 11) is 0. The van der Waals surface area contributed by atoms with E-state index in [1.807, 2.05) is 73.7 Å². The molecule has 0 bridgehead atoms. The molecule has 2 aromatic heterocycles. The molecule has 0 aliphatic carbocycles. The number of nitrogens with one attached hydrogen (secondary N) is 1. The highest BCUT2D eigenvalue weighted by Crippen LogP contribution is 2.23. The lowest BCUT2D eigenvalue weighted by molar-refractivity contribution is -0.116. The fourth-order valence-corrected chi connectivity index (χ4v) is 3.72. The average molecular weight is 409 g/mol. The highest BCUT2D eigenvalue weighted by Gasteiger charge is 2.14. The zero-order valence-electron chi connectivity index (χ0n) is 16.8. The van der Waals surface area contributed by atoms with E-state index in [0.717, 1.165) is 22.0 Å². The molecule has 0 spiro atoms. The number of hydrogen-bond acceptors (Lipinski definition) is 4. The molecule has 5 rings (SSSR count). The van der Waals surface area contributed by atoms with E-state index in [1.165, 1.54) is 17.1 Å². The van der Waals surface area contributed by atoms with Crippen LogP contribution in [0.2, 0.25) is 0 Å². The number of anilines is 1. The molecule has 31 heavy (non-hydrogen) atoms. The van der Waals surface area contributed by atoms with E-state index in [9.17, 15) is 9.59 Å². The molecule has 152 valence electrons. The van der Waals surface area contributed by atoms with Gasteiger partial charge in [0.2, 0.25) is 5.91 Å². The number of fused-ring (bicyclic) bond motifs is 2. The van der Waals surface area contributed by atoms with Crippen molar-refractivity contribution >= 4 is 33.4 Å². The third-order valence-corrected chi connectivity index (χ3v) is 5.28. The van der Waals surface area contributed by atoms with Gasteiger partial charge in [-0.15, -0.1) is 0 Å². The van der Waals surface area contributed by atoms with E-state index in [4.69, 9.17) is 0 Å². The van der Waals surface area contributed by atoms with Crippen molar-refractivity contribution in [2.45, 2.75) is 13.5 Å². The van der Waals surface area contributed by atoms with E-state index >= 15 is 0 Å². The smallest absolute Gasteiger partial charge is 0.264 e. The van der Waals surface area contributed by atoms with Crippen molar-refractivity contribution in [2.75, 3.05) is 5.32 Å². The van der Waals surface area contributed by atoms with Gasteiger partial charge in [0.25, 0.3) is 5.56 Å². The van der Waals surface area contributed by atoms with Crippen LogP contribution in [0.15, 0.2) is 84.0 Å². The Morgan fingerprint density at radius 1 is 0.968 bits per heavy atom. The number of rotatable bonds is 4. The van der Waals surface area contributed by atoms with Crippen LogP contribution in [0.25, 0.3) is 27.5 Å². The van der Waals surface area contributed by atoms with Gasteiger partial charge in [0.05, 0.1) is 11.9 Å². The second-order valence-electron chi connectivity index (χ2n) is 7.33. The second-order valence-corrected chi connectivity index (χ2v) is 7.33. The molecule has 0 radical (unpaired) electrons. The van der Waals surface area contributed by atoms with Gasteiger partial charge in [0.15, 0.2) is 5.65 Å². The van der Waals surface area contributed by atoms with E-state index < -0.39 is 0 Å². The largest absolute Gasteiger partial charge is 0.324 e. The fourth-order valence-electron chi connectivity index (χ4n) is 3.72. The highest BCUT2D eigenvalue weighted by molar-refractivity contribution is 6.02. The fraction of sp³-hybridized carbons (Fsp3) is 0.0833. The molecule has 0 saturated heterocycles. The molecule has 0 atom stereocenters. The van der Waals surface area contributed by atoms with Crippen molar-refractivity contribution in [1.82, 2.24) is 19.3 Å². The topological polar surface area (TPSA) is 81.8 Å². The summed E-state index contributed by atoms with van der Waals surface area (Å²) in [5.74, 6) is -0.300. The van der Waals surface area contributed by atoms with Gasteiger partial charge in [0, 0.05) is 11.1 Å². The number of amides is 1. The lowest BCUT2D eigenvalue weighted by Crippen LogP contribution is -2.27. The lowest BCUT2D eigenvalue weighted by Gasteiger charge is -2.10. The van der Waals surface area contributed by atoms with E-state index in [2.05, 4.69) is 15.4 Å². The van der Waals surface area contributed by atoms with Crippen molar-refractivity contribution in [3.8, 4) is 5.69 Å². The maximum atomic E-state index is 12.9. The minimum absolute atomic E-state index is 0.138. The van der Waals surface area contributed by atoms with Gasteiger partial charge in [0.1, 0.15) is 18.3 Å². The van der Waals surface area contributed by atoms with Crippen LogP contribution in [-0.2, 0) is 11.3 Å². The van der Waals surface area contributed by atoms with Crippen LogP contribution in [-0.4, -0.2) is 25.2 Å². The number of carbonyl (C=O) groups is 1. The van der Waals surface area contributed by atoms with Gasteiger partial charge in [-0.1, -0.05) is 54.6 Å². The average Bonchev–Trinajstić information content (AvgIpc) is 3.21. The molecule has 0 unspecified atom stereocenters. The molecule has 5 aromatic rings.